The molecule has 1 unspecified atom stereocenters. The van der Waals surface area contributed by atoms with Gasteiger partial charge in [-0.2, -0.15) is 0 Å². The Balaban J connectivity index is 1.80. The molecule has 1 aromatic rings. The van der Waals surface area contributed by atoms with Crippen LogP contribution in [0.15, 0.2) is 17.5 Å². The molecule has 0 radical (unpaired) electrons. The van der Waals surface area contributed by atoms with Gasteiger partial charge in [-0.1, -0.05) is 13.0 Å². The molecule has 1 saturated heterocycles. The van der Waals surface area contributed by atoms with E-state index in [0.717, 1.165) is 6.54 Å². The fraction of sp³-hybridized carbons (Fsp3) is 0.583. The van der Waals surface area contributed by atoms with E-state index in [1.807, 2.05) is 11.0 Å². The maximum atomic E-state index is 11.9. The molecule has 1 aromatic heterocycles. The number of hydrogen-bond donors (Lipinski definition) is 1. The third-order valence-corrected chi connectivity index (χ3v) is 4.47. The second kappa shape index (κ2) is 3.57. The zero-order valence-corrected chi connectivity index (χ0v) is 10.2. The highest BCUT2D eigenvalue weighted by Gasteiger charge is 2.43. The summed E-state index contributed by atoms with van der Waals surface area (Å²) >= 11 is 1.72. The van der Waals surface area contributed by atoms with Crippen LogP contribution in [0, 0.1) is 5.41 Å². The first-order valence-electron chi connectivity index (χ1n) is 5.74. The number of amides is 1. The molecule has 1 aliphatic carbocycles. The van der Waals surface area contributed by atoms with Gasteiger partial charge in [0.05, 0.1) is 6.54 Å². The van der Waals surface area contributed by atoms with Crippen LogP contribution in [0.4, 0.5) is 0 Å². The van der Waals surface area contributed by atoms with Crippen molar-refractivity contribution in [2.75, 3.05) is 13.1 Å². The van der Waals surface area contributed by atoms with Crippen LogP contribution in [-0.4, -0.2) is 23.9 Å². The second-order valence-electron chi connectivity index (χ2n) is 5.13. The maximum Gasteiger partial charge on any atom is 0.238 e. The fourth-order valence-electron chi connectivity index (χ4n) is 2.20. The minimum atomic E-state index is 0.116. The number of rotatable bonds is 3. The summed E-state index contributed by atoms with van der Waals surface area (Å²) in [5.74, 6) is 0.242. The third kappa shape index (κ3) is 1.76. The Morgan fingerprint density at radius 1 is 1.62 bits per heavy atom. The molecule has 2 fully saturated rings. The third-order valence-electron chi connectivity index (χ3n) is 3.55. The zero-order chi connectivity index (χ0) is 11.2. The Bertz CT molecular complexity index is 397. The molecular weight excluding hydrogens is 220 g/mol. The molecule has 1 atom stereocenters. The van der Waals surface area contributed by atoms with Gasteiger partial charge in [-0.05, 0) is 29.7 Å². The van der Waals surface area contributed by atoms with E-state index in [1.165, 1.54) is 17.7 Å². The predicted octanol–water partition coefficient (Wildman–Crippen LogP) is 1.98. The molecule has 2 heterocycles. The lowest BCUT2D eigenvalue weighted by Crippen LogP contribution is -2.34. The number of hydrogen-bond acceptors (Lipinski definition) is 3. The lowest BCUT2D eigenvalue weighted by atomic mass is 10.1. The average Bonchev–Trinajstić information content (AvgIpc) is 2.70. The summed E-state index contributed by atoms with van der Waals surface area (Å²) in [7, 11) is 0. The van der Waals surface area contributed by atoms with Crippen molar-refractivity contribution in [3.05, 3.63) is 22.4 Å². The summed E-state index contributed by atoms with van der Waals surface area (Å²) in [5, 5.41) is 5.36. The van der Waals surface area contributed by atoms with Crippen LogP contribution >= 0.6 is 11.3 Å². The van der Waals surface area contributed by atoms with E-state index >= 15 is 0 Å². The molecule has 16 heavy (non-hydrogen) atoms. The van der Waals surface area contributed by atoms with Crippen LogP contribution in [0.5, 0.6) is 0 Å². The van der Waals surface area contributed by atoms with Crippen molar-refractivity contribution in [1.29, 1.82) is 0 Å². The summed E-state index contributed by atoms with van der Waals surface area (Å²) < 4.78 is 0. The molecule has 1 amide bonds. The van der Waals surface area contributed by atoms with Gasteiger partial charge in [0.15, 0.2) is 0 Å². The monoisotopic (exact) mass is 236 g/mol. The Kier molecular flexibility index (Phi) is 2.30. The number of thiophene rings is 1. The van der Waals surface area contributed by atoms with Crippen LogP contribution in [0.3, 0.4) is 0 Å². The van der Waals surface area contributed by atoms with E-state index < -0.39 is 0 Å². The first-order chi connectivity index (χ1) is 7.68. The van der Waals surface area contributed by atoms with E-state index in [0.29, 0.717) is 12.0 Å². The summed E-state index contributed by atoms with van der Waals surface area (Å²) in [6, 6.07) is 4.14. The van der Waals surface area contributed by atoms with Crippen molar-refractivity contribution in [2.24, 2.45) is 5.41 Å². The van der Waals surface area contributed by atoms with E-state index in [9.17, 15) is 4.79 Å². The molecule has 0 aromatic carbocycles. The van der Waals surface area contributed by atoms with Gasteiger partial charge in [0.2, 0.25) is 5.91 Å². The van der Waals surface area contributed by atoms with Crippen molar-refractivity contribution in [1.82, 2.24) is 10.2 Å². The summed E-state index contributed by atoms with van der Waals surface area (Å²) in [4.78, 5) is 15.1. The van der Waals surface area contributed by atoms with Crippen LogP contribution < -0.4 is 5.32 Å². The molecule has 4 heteroatoms. The Morgan fingerprint density at radius 2 is 2.44 bits per heavy atom. The number of carbonyl (C=O) groups excluding carboxylic acids is 1. The molecule has 3 nitrogen and oxygen atoms in total. The molecule has 1 N–H and O–H groups in total. The molecule has 3 rings (SSSR count). The lowest BCUT2D eigenvalue weighted by molar-refractivity contribution is -0.128. The van der Waals surface area contributed by atoms with Crippen LogP contribution in [0.25, 0.3) is 0 Å². The minimum absolute atomic E-state index is 0.116. The highest BCUT2D eigenvalue weighted by molar-refractivity contribution is 7.10. The van der Waals surface area contributed by atoms with E-state index in [2.05, 4.69) is 23.7 Å². The van der Waals surface area contributed by atoms with Gasteiger partial charge in [0.1, 0.15) is 6.17 Å². The van der Waals surface area contributed by atoms with Crippen molar-refractivity contribution >= 4 is 17.2 Å². The van der Waals surface area contributed by atoms with Crippen molar-refractivity contribution in [3.63, 3.8) is 0 Å². The molecule has 1 aliphatic heterocycles. The second-order valence-corrected chi connectivity index (χ2v) is 6.11. The standard InChI is InChI=1S/C12H16N2OS/c1-12(4-5-12)8-14-10(15)7-13-11(14)9-3-2-6-16-9/h2-3,6,11,13H,4-5,7-8H2,1H3. The van der Waals surface area contributed by atoms with Crippen molar-refractivity contribution in [2.45, 2.75) is 25.9 Å². The van der Waals surface area contributed by atoms with Crippen molar-refractivity contribution in [3.8, 4) is 0 Å². The molecular formula is C12H16N2OS. The van der Waals surface area contributed by atoms with Gasteiger partial charge in [0, 0.05) is 11.4 Å². The quantitative estimate of drug-likeness (QED) is 0.870. The summed E-state index contributed by atoms with van der Waals surface area (Å²) in [6.07, 6.45) is 2.63. The maximum absolute atomic E-state index is 11.9. The van der Waals surface area contributed by atoms with Crippen LogP contribution in [-0.2, 0) is 4.79 Å². The molecule has 1 saturated carbocycles. The van der Waals surface area contributed by atoms with E-state index in [4.69, 9.17) is 0 Å². The number of nitrogens with one attached hydrogen (secondary N) is 1. The Hall–Kier alpha value is -0.870. The molecule has 0 bridgehead atoms. The van der Waals surface area contributed by atoms with Gasteiger partial charge < -0.3 is 4.90 Å². The predicted molar refractivity (Wildman–Crippen MR) is 64.1 cm³/mol. The molecule has 2 aliphatic rings. The largest absolute Gasteiger partial charge is 0.320 e. The highest BCUT2D eigenvalue weighted by atomic mass is 32.1. The van der Waals surface area contributed by atoms with E-state index in [1.54, 1.807) is 11.3 Å². The van der Waals surface area contributed by atoms with E-state index in [-0.39, 0.29) is 12.1 Å². The lowest BCUT2D eigenvalue weighted by Gasteiger charge is -2.26. The number of carbonyl (C=O) groups is 1. The molecule has 86 valence electrons. The number of nitrogens with zero attached hydrogens (tertiary/aromatic N) is 1. The van der Waals surface area contributed by atoms with Gasteiger partial charge in [0.25, 0.3) is 0 Å². The summed E-state index contributed by atoms with van der Waals surface area (Å²) in [5.41, 5.74) is 0.386. The smallest absolute Gasteiger partial charge is 0.238 e. The average molecular weight is 236 g/mol. The van der Waals surface area contributed by atoms with Crippen molar-refractivity contribution < 1.29 is 4.79 Å². The van der Waals surface area contributed by atoms with Gasteiger partial charge in [-0.25, -0.2) is 0 Å². The molecule has 0 spiro atoms. The summed E-state index contributed by atoms with van der Waals surface area (Å²) in [6.45, 7) is 3.66. The fourth-order valence-corrected chi connectivity index (χ4v) is 3.01. The Labute approximate surface area is 99.5 Å². The van der Waals surface area contributed by atoms with Gasteiger partial charge in [-0.15, -0.1) is 11.3 Å². The zero-order valence-electron chi connectivity index (χ0n) is 9.40. The van der Waals surface area contributed by atoms with Crippen LogP contribution in [0.1, 0.15) is 30.8 Å². The van der Waals surface area contributed by atoms with Gasteiger partial charge in [-0.3, -0.25) is 10.1 Å². The normalized spacial score (nSPS) is 27.4. The first-order valence-corrected chi connectivity index (χ1v) is 6.62. The SMILES string of the molecule is CC1(CN2C(=O)CNC2c2cccs2)CC1. The minimum Gasteiger partial charge on any atom is -0.320 e. The van der Waals surface area contributed by atoms with Gasteiger partial charge >= 0.3 is 0 Å². The highest BCUT2D eigenvalue weighted by Crippen LogP contribution is 2.47. The Morgan fingerprint density at radius 3 is 3.06 bits per heavy atom. The topological polar surface area (TPSA) is 32.3 Å². The first kappa shape index (κ1) is 10.3. The van der Waals surface area contributed by atoms with Crippen LogP contribution in [0.2, 0.25) is 0 Å².